The summed E-state index contributed by atoms with van der Waals surface area (Å²) in [6.07, 6.45) is 0. The fourth-order valence-corrected chi connectivity index (χ4v) is 2.08. The van der Waals surface area contributed by atoms with Crippen molar-refractivity contribution in [1.82, 2.24) is 10.2 Å². The number of halogens is 1. The fourth-order valence-electron chi connectivity index (χ4n) is 1.53. The molecule has 1 aromatic carbocycles. The Bertz CT molecular complexity index is 540. The van der Waals surface area contributed by atoms with Crippen LogP contribution in [0.1, 0.15) is 0 Å². The van der Waals surface area contributed by atoms with Crippen LogP contribution >= 0.6 is 22.6 Å². The Hall–Kier alpha value is -1.44. The largest absolute Gasteiger partial charge is 0.493 e. The lowest BCUT2D eigenvalue weighted by atomic mass is 10.1. The second-order valence-electron chi connectivity index (χ2n) is 3.37. The van der Waals surface area contributed by atoms with Crippen LogP contribution in [0.4, 0.5) is 5.82 Å². The Kier molecular flexibility index (Phi) is 3.41. The molecular formula is C11H12IN3O2. The number of ether oxygens (including phenoxy) is 2. The Balaban J connectivity index is 2.50. The summed E-state index contributed by atoms with van der Waals surface area (Å²) in [6, 6.07) is 5.66. The van der Waals surface area contributed by atoms with Gasteiger partial charge in [0, 0.05) is 5.56 Å². The zero-order valence-corrected chi connectivity index (χ0v) is 11.6. The molecule has 0 aliphatic rings. The van der Waals surface area contributed by atoms with Crippen molar-refractivity contribution in [3.63, 3.8) is 0 Å². The summed E-state index contributed by atoms with van der Waals surface area (Å²) >= 11 is 2.15. The van der Waals surface area contributed by atoms with Gasteiger partial charge in [0.25, 0.3) is 0 Å². The predicted octanol–water partition coefficient (Wildman–Crippen LogP) is 2.28. The molecule has 0 saturated heterocycles. The van der Waals surface area contributed by atoms with Crippen LogP contribution in [-0.4, -0.2) is 24.4 Å². The first-order chi connectivity index (χ1) is 8.17. The third-order valence-corrected chi connectivity index (χ3v) is 3.50. The number of nitrogens with one attached hydrogen (secondary N) is 1. The van der Waals surface area contributed by atoms with E-state index in [1.807, 2.05) is 18.2 Å². The van der Waals surface area contributed by atoms with E-state index in [1.165, 1.54) is 0 Å². The van der Waals surface area contributed by atoms with Gasteiger partial charge in [0.1, 0.15) is 0 Å². The standard InChI is InChI=1S/C11H12IN3O2/c1-16-7-4-3-6(5-8(7)17-2)10-9(12)11(13)15-14-10/h3-5H,1-2H3,(H3,13,14,15). The molecule has 0 aliphatic carbocycles. The molecule has 90 valence electrons. The molecule has 1 aromatic heterocycles. The van der Waals surface area contributed by atoms with Crippen molar-refractivity contribution in [2.75, 3.05) is 20.0 Å². The number of nitrogens with two attached hydrogens (primary N) is 1. The summed E-state index contributed by atoms with van der Waals surface area (Å²) in [7, 11) is 3.21. The van der Waals surface area contributed by atoms with E-state index < -0.39 is 0 Å². The molecule has 2 aromatic rings. The van der Waals surface area contributed by atoms with Gasteiger partial charge in [-0.1, -0.05) is 0 Å². The lowest BCUT2D eigenvalue weighted by Gasteiger charge is -2.08. The average Bonchev–Trinajstić information content (AvgIpc) is 2.69. The van der Waals surface area contributed by atoms with Gasteiger partial charge in [0.05, 0.1) is 23.5 Å². The van der Waals surface area contributed by atoms with Crippen LogP contribution in [0.25, 0.3) is 11.3 Å². The van der Waals surface area contributed by atoms with Crippen LogP contribution in [0, 0.1) is 3.57 Å². The SMILES string of the molecule is COc1ccc(-c2[nH]nc(N)c2I)cc1OC. The highest BCUT2D eigenvalue weighted by Gasteiger charge is 2.12. The minimum Gasteiger partial charge on any atom is -0.493 e. The quantitative estimate of drug-likeness (QED) is 0.838. The van der Waals surface area contributed by atoms with Gasteiger partial charge in [0.15, 0.2) is 17.3 Å². The number of anilines is 1. The number of hydrogen-bond donors (Lipinski definition) is 2. The van der Waals surface area contributed by atoms with Gasteiger partial charge in [-0.3, -0.25) is 5.10 Å². The fraction of sp³-hybridized carbons (Fsp3) is 0.182. The van der Waals surface area contributed by atoms with Crippen LogP contribution in [0.15, 0.2) is 18.2 Å². The molecule has 0 atom stereocenters. The number of rotatable bonds is 3. The Morgan fingerprint density at radius 1 is 1.24 bits per heavy atom. The molecule has 0 unspecified atom stereocenters. The maximum atomic E-state index is 5.70. The lowest BCUT2D eigenvalue weighted by molar-refractivity contribution is 0.355. The monoisotopic (exact) mass is 345 g/mol. The number of nitrogen functional groups attached to an aromatic ring is 1. The summed E-state index contributed by atoms with van der Waals surface area (Å²) in [5.74, 6) is 1.86. The van der Waals surface area contributed by atoms with Gasteiger partial charge >= 0.3 is 0 Å². The number of hydrogen-bond acceptors (Lipinski definition) is 4. The molecule has 0 saturated carbocycles. The maximum Gasteiger partial charge on any atom is 0.161 e. The summed E-state index contributed by atoms with van der Waals surface area (Å²) in [5.41, 5.74) is 7.53. The summed E-state index contributed by atoms with van der Waals surface area (Å²) < 4.78 is 11.3. The zero-order valence-electron chi connectivity index (χ0n) is 9.45. The molecule has 0 fully saturated rings. The normalized spacial score (nSPS) is 10.3. The number of aromatic nitrogens is 2. The highest BCUT2D eigenvalue weighted by Crippen LogP contribution is 2.34. The van der Waals surface area contributed by atoms with Crippen molar-refractivity contribution in [2.24, 2.45) is 0 Å². The van der Waals surface area contributed by atoms with E-state index in [1.54, 1.807) is 14.2 Å². The maximum absolute atomic E-state index is 5.70. The molecule has 0 radical (unpaired) electrons. The molecule has 0 bridgehead atoms. The van der Waals surface area contributed by atoms with Gasteiger partial charge in [-0.2, -0.15) is 5.10 Å². The van der Waals surface area contributed by atoms with Crippen molar-refractivity contribution in [3.05, 3.63) is 21.8 Å². The van der Waals surface area contributed by atoms with E-state index in [0.717, 1.165) is 14.8 Å². The van der Waals surface area contributed by atoms with Crippen molar-refractivity contribution in [1.29, 1.82) is 0 Å². The Labute approximate surface area is 112 Å². The second-order valence-corrected chi connectivity index (χ2v) is 4.45. The number of aromatic amines is 1. The van der Waals surface area contributed by atoms with Crippen molar-refractivity contribution in [2.45, 2.75) is 0 Å². The number of H-pyrrole nitrogens is 1. The first kappa shape index (κ1) is 12.0. The van der Waals surface area contributed by atoms with Gasteiger partial charge in [-0.25, -0.2) is 0 Å². The minimum absolute atomic E-state index is 0.496. The van der Waals surface area contributed by atoms with Crippen LogP contribution in [0.3, 0.4) is 0 Å². The number of nitrogens with zero attached hydrogens (tertiary/aromatic N) is 1. The summed E-state index contributed by atoms with van der Waals surface area (Å²) in [5, 5.41) is 6.86. The third-order valence-electron chi connectivity index (χ3n) is 2.40. The van der Waals surface area contributed by atoms with Crippen molar-refractivity contribution in [3.8, 4) is 22.8 Å². The summed E-state index contributed by atoms with van der Waals surface area (Å²) in [4.78, 5) is 0. The van der Waals surface area contributed by atoms with E-state index in [4.69, 9.17) is 15.2 Å². The molecule has 6 heteroatoms. The van der Waals surface area contributed by atoms with E-state index >= 15 is 0 Å². The predicted molar refractivity (Wildman–Crippen MR) is 74.3 cm³/mol. The van der Waals surface area contributed by atoms with Gasteiger partial charge < -0.3 is 15.2 Å². The van der Waals surface area contributed by atoms with Crippen molar-refractivity contribution >= 4 is 28.4 Å². The molecule has 0 amide bonds. The molecule has 3 N–H and O–H groups in total. The highest BCUT2D eigenvalue weighted by molar-refractivity contribution is 14.1. The smallest absolute Gasteiger partial charge is 0.161 e. The zero-order chi connectivity index (χ0) is 12.4. The van der Waals surface area contributed by atoms with E-state index in [-0.39, 0.29) is 0 Å². The second kappa shape index (κ2) is 4.82. The van der Waals surface area contributed by atoms with E-state index in [9.17, 15) is 0 Å². The molecule has 2 rings (SSSR count). The summed E-state index contributed by atoms with van der Waals surface area (Å²) in [6.45, 7) is 0. The number of methoxy groups -OCH3 is 2. The van der Waals surface area contributed by atoms with Gasteiger partial charge in [0.2, 0.25) is 0 Å². The van der Waals surface area contributed by atoms with Crippen molar-refractivity contribution < 1.29 is 9.47 Å². The van der Waals surface area contributed by atoms with Gasteiger partial charge in [-0.15, -0.1) is 0 Å². The van der Waals surface area contributed by atoms with E-state index in [0.29, 0.717) is 17.3 Å². The Morgan fingerprint density at radius 2 is 1.94 bits per heavy atom. The van der Waals surface area contributed by atoms with Crippen LogP contribution in [0.2, 0.25) is 0 Å². The van der Waals surface area contributed by atoms with Crippen LogP contribution in [0.5, 0.6) is 11.5 Å². The minimum atomic E-state index is 0.496. The first-order valence-electron chi connectivity index (χ1n) is 4.89. The lowest BCUT2D eigenvalue weighted by Crippen LogP contribution is -1.91. The van der Waals surface area contributed by atoms with E-state index in [2.05, 4.69) is 32.8 Å². The topological polar surface area (TPSA) is 73.2 Å². The average molecular weight is 345 g/mol. The van der Waals surface area contributed by atoms with Crippen LogP contribution in [-0.2, 0) is 0 Å². The molecule has 0 aliphatic heterocycles. The van der Waals surface area contributed by atoms with Gasteiger partial charge in [-0.05, 0) is 40.8 Å². The number of benzene rings is 1. The Morgan fingerprint density at radius 3 is 2.47 bits per heavy atom. The molecule has 5 nitrogen and oxygen atoms in total. The molecule has 17 heavy (non-hydrogen) atoms. The molecule has 1 heterocycles. The highest BCUT2D eigenvalue weighted by atomic mass is 127. The first-order valence-corrected chi connectivity index (χ1v) is 5.97. The third kappa shape index (κ3) is 2.17. The van der Waals surface area contributed by atoms with Crippen LogP contribution < -0.4 is 15.2 Å². The molecule has 0 spiro atoms. The molecular weight excluding hydrogens is 333 g/mol.